The standard InChI is InChI=1S/C21H25N9O4.BrH/c1-29-9-13(26-11-31)6-16(29)21(34)28-14-7-17(30(2)10-14)20(33)27-12-5-15(25-8-12)19(32)24-4-3-18(22)23;/h5-11,25H,3-4H2,1-2H3,(H3,22,23)(H,24,32)(H,26,31)(H,27,33)(H,28,34);1H. The van der Waals surface area contributed by atoms with Gasteiger partial charge in [-0.05, 0) is 18.2 Å². The Labute approximate surface area is 210 Å². The van der Waals surface area contributed by atoms with Crippen LogP contribution in [0.5, 0.6) is 0 Å². The van der Waals surface area contributed by atoms with Crippen LogP contribution in [-0.4, -0.2) is 50.6 Å². The van der Waals surface area contributed by atoms with E-state index in [4.69, 9.17) is 11.1 Å². The van der Waals surface area contributed by atoms with Gasteiger partial charge in [0.25, 0.3) is 17.7 Å². The minimum atomic E-state index is -0.434. The Kier molecular flexibility index (Phi) is 8.99. The Morgan fingerprint density at radius 2 is 1.54 bits per heavy atom. The molecule has 0 aromatic carbocycles. The third-order valence-corrected chi connectivity index (χ3v) is 4.84. The lowest BCUT2D eigenvalue weighted by atomic mass is 10.3. The van der Waals surface area contributed by atoms with Crippen LogP contribution in [0.1, 0.15) is 37.9 Å². The number of rotatable bonds is 10. The fourth-order valence-corrected chi connectivity index (χ4v) is 3.20. The molecule has 0 aliphatic carbocycles. The van der Waals surface area contributed by atoms with Crippen molar-refractivity contribution in [2.45, 2.75) is 6.42 Å². The van der Waals surface area contributed by atoms with Crippen LogP contribution >= 0.6 is 0 Å². The van der Waals surface area contributed by atoms with E-state index in [0.29, 0.717) is 35.6 Å². The second-order valence-electron chi connectivity index (χ2n) is 7.50. The maximum absolute atomic E-state index is 12.7. The van der Waals surface area contributed by atoms with Crippen LogP contribution in [0.2, 0.25) is 0 Å². The lowest BCUT2D eigenvalue weighted by Gasteiger charge is -2.03. The zero-order chi connectivity index (χ0) is 24.8. The molecule has 13 nitrogen and oxygen atoms in total. The maximum atomic E-state index is 12.7. The average molecular weight is 548 g/mol. The van der Waals surface area contributed by atoms with E-state index in [9.17, 15) is 19.2 Å². The third-order valence-electron chi connectivity index (χ3n) is 4.84. The molecule has 35 heavy (non-hydrogen) atoms. The first kappa shape index (κ1) is 26.9. The number of carbonyl (C=O) groups is 4. The van der Waals surface area contributed by atoms with Crippen molar-refractivity contribution in [1.82, 2.24) is 19.4 Å². The van der Waals surface area contributed by atoms with Gasteiger partial charge in [-0.3, -0.25) is 30.3 Å². The number of aromatic nitrogens is 3. The number of anilines is 3. The van der Waals surface area contributed by atoms with Crippen molar-refractivity contribution in [2.75, 3.05) is 22.5 Å². The molecule has 0 aliphatic rings. The zero-order valence-corrected chi connectivity index (χ0v) is 20.6. The molecule has 0 atom stereocenters. The highest BCUT2D eigenvalue weighted by Crippen LogP contribution is 2.18. The van der Waals surface area contributed by atoms with Crippen molar-refractivity contribution in [3.8, 4) is 0 Å². The Balaban J connectivity index is 0.00000432. The summed E-state index contributed by atoms with van der Waals surface area (Å²) in [6, 6.07) is 4.55. The molecule has 4 amide bonds. The summed E-state index contributed by atoms with van der Waals surface area (Å²) in [5.74, 6) is -0.982. The van der Waals surface area contributed by atoms with Crippen LogP contribution in [0.25, 0.3) is 0 Å². The van der Waals surface area contributed by atoms with Gasteiger partial charge in [0.05, 0.1) is 23.5 Å². The highest BCUT2D eigenvalue weighted by molar-refractivity contribution is 6.07. The van der Waals surface area contributed by atoms with E-state index in [0.717, 1.165) is 0 Å². The monoisotopic (exact) mass is 547 g/mol. The Bertz CT molecular complexity index is 1260. The summed E-state index contributed by atoms with van der Waals surface area (Å²) in [5.41, 5.74) is 7.52. The third kappa shape index (κ3) is 6.83. The molecule has 14 heteroatoms. The van der Waals surface area contributed by atoms with Gasteiger partial charge in [-0.15, -0.1) is 0 Å². The average Bonchev–Trinajstić information content (AvgIpc) is 3.47. The van der Waals surface area contributed by atoms with Gasteiger partial charge in [0.15, 0.2) is 0 Å². The summed E-state index contributed by atoms with van der Waals surface area (Å²) in [7, 11) is 3.33. The smallest absolute Gasteiger partial charge is 0.272 e. The van der Waals surface area contributed by atoms with Crippen molar-refractivity contribution < 1.29 is 41.6 Å². The molecule has 9 N–H and O–H groups in total. The maximum Gasteiger partial charge on any atom is 0.272 e. The van der Waals surface area contributed by atoms with Gasteiger partial charge in [0.1, 0.15) is 17.1 Å². The van der Waals surface area contributed by atoms with Crippen molar-refractivity contribution in [1.29, 1.82) is 0 Å². The fourth-order valence-electron chi connectivity index (χ4n) is 3.20. The van der Waals surface area contributed by atoms with Crippen LogP contribution in [0.4, 0.5) is 17.1 Å². The minimum absolute atomic E-state index is 0. The molecule has 0 unspecified atom stereocenters. The fraction of sp³-hybridized carbons (Fsp3) is 0.190. The van der Waals surface area contributed by atoms with E-state index in [1.165, 1.54) is 24.4 Å². The van der Waals surface area contributed by atoms with Crippen LogP contribution in [-0.2, 0) is 18.9 Å². The molecule has 0 aliphatic heterocycles. The summed E-state index contributed by atoms with van der Waals surface area (Å²) in [6.07, 6.45) is 5.56. The summed E-state index contributed by atoms with van der Waals surface area (Å²) >= 11 is 0. The van der Waals surface area contributed by atoms with Crippen LogP contribution in [0.15, 0.2) is 36.8 Å². The topological polar surface area (TPSA) is 194 Å². The molecule has 3 aromatic heterocycles. The normalized spacial score (nSPS) is 10.1. The van der Waals surface area contributed by atoms with E-state index in [-0.39, 0.29) is 46.7 Å². The lowest BCUT2D eigenvalue weighted by Crippen LogP contribution is -3.00. The van der Waals surface area contributed by atoms with Gasteiger partial charge in [0, 0.05) is 39.2 Å². The molecule has 0 radical (unpaired) electrons. The van der Waals surface area contributed by atoms with Gasteiger partial charge in [-0.2, -0.15) is 0 Å². The molecule has 0 spiro atoms. The number of hydrogen-bond donors (Lipinski definition) is 7. The number of nitrogens with zero attached hydrogens (tertiary/aromatic N) is 2. The summed E-state index contributed by atoms with van der Waals surface area (Å²) in [4.78, 5) is 50.8. The summed E-state index contributed by atoms with van der Waals surface area (Å²) in [5, 5.41) is 15.9. The molecule has 0 saturated carbocycles. The van der Waals surface area contributed by atoms with E-state index >= 15 is 0 Å². The number of halogens is 1. The number of hydrogen-bond acceptors (Lipinski definition) is 4. The second kappa shape index (κ2) is 11.7. The van der Waals surface area contributed by atoms with Crippen molar-refractivity contribution in [3.63, 3.8) is 0 Å². The number of carbonyl (C=O) groups excluding carboxylic acids is 4. The van der Waals surface area contributed by atoms with Crippen LogP contribution < -0.4 is 49.4 Å². The molecule has 186 valence electrons. The van der Waals surface area contributed by atoms with E-state index in [2.05, 4.69) is 26.3 Å². The van der Waals surface area contributed by atoms with Crippen LogP contribution in [0.3, 0.4) is 0 Å². The van der Waals surface area contributed by atoms with E-state index < -0.39 is 11.8 Å². The Hall–Kier alpha value is -4.33. The number of amides is 4. The van der Waals surface area contributed by atoms with Gasteiger partial charge in [0.2, 0.25) is 12.2 Å². The lowest BCUT2D eigenvalue weighted by molar-refractivity contribution is -0.117. The summed E-state index contributed by atoms with van der Waals surface area (Å²) in [6.45, 7) is 0.289. The minimum Gasteiger partial charge on any atom is -1.00 e. The molecule has 0 saturated heterocycles. The number of aryl methyl sites for hydroxylation is 2. The van der Waals surface area contributed by atoms with Crippen molar-refractivity contribution in [3.05, 3.63) is 53.9 Å². The molecule has 3 aromatic rings. The first-order valence-corrected chi connectivity index (χ1v) is 10.2. The molecule has 0 fully saturated rings. The van der Waals surface area contributed by atoms with Crippen molar-refractivity contribution >= 4 is 47.0 Å². The second-order valence-corrected chi connectivity index (χ2v) is 7.50. The number of H-pyrrole nitrogens is 1. The number of nitrogens with two attached hydrogens (primary N) is 2. The van der Waals surface area contributed by atoms with Gasteiger partial charge < -0.3 is 52.4 Å². The predicted octanol–water partition coefficient (Wildman–Crippen LogP) is -4.00. The van der Waals surface area contributed by atoms with Gasteiger partial charge in [-0.1, -0.05) is 0 Å². The summed E-state index contributed by atoms with van der Waals surface area (Å²) < 4.78 is 3.13. The van der Waals surface area contributed by atoms with Gasteiger partial charge in [-0.25, -0.2) is 0 Å². The largest absolute Gasteiger partial charge is 1.00 e. The Morgan fingerprint density at radius 1 is 0.971 bits per heavy atom. The van der Waals surface area contributed by atoms with Crippen LogP contribution in [0, 0.1) is 0 Å². The predicted molar refractivity (Wildman–Crippen MR) is 125 cm³/mol. The molecule has 3 heterocycles. The van der Waals surface area contributed by atoms with E-state index in [1.54, 1.807) is 35.6 Å². The molecule has 0 bridgehead atoms. The number of aromatic amines is 1. The highest BCUT2D eigenvalue weighted by atomic mass is 79.9. The quantitative estimate of drug-likeness (QED) is 0.0770. The number of amidine groups is 1. The number of nitrogens with one attached hydrogen (secondary N) is 5. The molecular weight excluding hydrogens is 522 g/mol. The Morgan fingerprint density at radius 3 is 2.14 bits per heavy atom. The highest BCUT2D eigenvalue weighted by Gasteiger charge is 2.17. The van der Waals surface area contributed by atoms with Gasteiger partial charge >= 0.3 is 0 Å². The van der Waals surface area contributed by atoms with Crippen molar-refractivity contribution in [2.24, 2.45) is 19.8 Å². The molecule has 3 rings (SSSR count). The first-order chi connectivity index (χ1) is 16.2. The van der Waals surface area contributed by atoms with E-state index in [1.807, 2.05) is 0 Å². The first-order valence-electron chi connectivity index (χ1n) is 10.2. The molecular formula is C21H26BrN9O4. The SMILES string of the molecule is Cn1cc(NC=O)cc1C(=O)Nc1cc(C(=O)Nc2c[nH]c(C(=O)NCCC(N)=[NH2+])c2)n(C)c1.[Br-]. The zero-order valence-electron chi connectivity index (χ0n) is 19.0.